The molecule has 0 amide bonds. The maximum absolute atomic E-state index is 10.8. The van der Waals surface area contributed by atoms with Gasteiger partial charge in [0.25, 0.3) is 0 Å². The molecule has 1 aliphatic heterocycles. The van der Waals surface area contributed by atoms with Crippen LogP contribution in [0.25, 0.3) is 0 Å². The number of piperazine rings is 1. The van der Waals surface area contributed by atoms with Gasteiger partial charge in [-0.1, -0.05) is 42.4 Å². The first-order chi connectivity index (χ1) is 12.0. The van der Waals surface area contributed by atoms with Crippen molar-refractivity contribution < 1.29 is 9.63 Å². The van der Waals surface area contributed by atoms with Crippen LogP contribution in [0, 0.1) is 0 Å². The lowest BCUT2D eigenvalue weighted by Crippen LogP contribution is -2.50. The molecule has 0 saturated carbocycles. The van der Waals surface area contributed by atoms with E-state index in [4.69, 9.17) is 4.52 Å². The Labute approximate surface area is 149 Å². The van der Waals surface area contributed by atoms with Gasteiger partial charge in [-0.3, -0.25) is 9.80 Å². The van der Waals surface area contributed by atoms with Crippen molar-refractivity contribution in [3.05, 3.63) is 47.6 Å². The summed E-state index contributed by atoms with van der Waals surface area (Å²) in [5.41, 5.74) is 0.126. The highest BCUT2D eigenvalue weighted by Crippen LogP contribution is 2.24. The van der Waals surface area contributed by atoms with Gasteiger partial charge in [0.1, 0.15) is 0 Å². The van der Waals surface area contributed by atoms with E-state index in [1.165, 1.54) is 0 Å². The molecule has 136 valence electrons. The Hall–Kier alpha value is -1.76. The first kappa shape index (κ1) is 18.0. The summed E-state index contributed by atoms with van der Waals surface area (Å²) in [6.07, 6.45) is 0.790. The Morgan fingerprint density at radius 2 is 1.88 bits per heavy atom. The predicted octanol–water partition coefficient (Wildman–Crippen LogP) is 2.22. The average molecular weight is 344 g/mol. The summed E-state index contributed by atoms with van der Waals surface area (Å²) in [4.78, 5) is 9.13. The van der Waals surface area contributed by atoms with Gasteiger partial charge in [0.05, 0.1) is 11.6 Å². The van der Waals surface area contributed by atoms with Crippen molar-refractivity contribution in [2.24, 2.45) is 0 Å². The van der Waals surface area contributed by atoms with E-state index < -0.39 is 5.60 Å². The zero-order valence-electron chi connectivity index (χ0n) is 15.4. The van der Waals surface area contributed by atoms with Crippen LogP contribution in [0.4, 0.5) is 0 Å². The molecule has 6 heteroatoms. The molecule has 1 fully saturated rings. The Morgan fingerprint density at radius 1 is 1.20 bits per heavy atom. The second-order valence-electron chi connectivity index (χ2n) is 7.03. The maximum atomic E-state index is 10.8. The fraction of sp³-hybridized carbons (Fsp3) is 0.579. The highest BCUT2D eigenvalue weighted by atomic mass is 16.5. The summed E-state index contributed by atoms with van der Waals surface area (Å²) >= 11 is 0. The van der Waals surface area contributed by atoms with Gasteiger partial charge in [-0.25, -0.2) is 0 Å². The number of aliphatic hydroxyl groups is 1. The van der Waals surface area contributed by atoms with Gasteiger partial charge in [-0.15, -0.1) is 0 Å². The van der Waals surface area contributed by atoms with Gasteiger partial charge in [-0.05, 0) is 19.4 Å². The van der Waals surface area contributed by atoms with E-state index in [0.717, 1.165) is 44.0 Å². The Bertz CT molecular complexity index is 663. The molecular formula is C19H28N4O2. The van der Waals surface area contributed by atoms with Crippen molar-refractivity contribution in [3.8, 4) is 0 Å². The normalized spacial score (nSPS) is 20.3. The summed E-state index contributed by atoms with van der Waals surface area (Å²) in [7, 11) is 0. The van der Waals surface area contributed by atoms with Crippen LogP contribution in [0.5, 0.6) is 0 Å². The van der Waals surface area contributed by atoms with Gasteiger partial charge in [0.2, 0.25) is 5.89 Å². The van der Waals surface area contributed by atoms with Crippen LogP contribution in [0.15, 0.2) is 34.9 Å². The minimum absolute atomic E-state index is 0.129. The standard InChI is InChI=1S/C19H28N4O2/c1-4-17-20-18(25-21-17)15(2)23-12-10-22(11-13-23)14-19(3,24)16-8-6-5-7-9-16/h5-9,15,24H,4,10-14H2,1-3H3. The minimum atomic E-state index is -0.836. The number of aryl methyl sites for hydroxylation is 1. The van der Waals surface area contributed by atoms with E-state index in [1.807, 2.05) is 44.2 Å². The topological polar surface area (TPSA) is 65.6 Å². The number of rotatable bonds is 6. The van der Waals surface area contributed by atoms with Crippen LogP contribution in [-0.4, -0.2) is 57.8 Å². The summed E-state index contributed by atoms with van der Waals surface area (Å²) in [5.74, 6) is 1.46. The van der Waals surface area contributed by atoms with Crippen LogP contribution < -0.4 is 0 Å². The highest BCUT2D eigenvalue weighted by molar-refractivity contribution is 5.21. The van der Waals surface area contributed by atoms with Crippen LogP contribution in [-0.2, 0) is 12.0 Å². The van der Waals surface area contributed by atoms with Gasteiger partial charge < -0.3 is 9.63 Å². The van der Waals surface area contributed by atoms with E-state index in [2.05, 4.69) is 26.9 Å². The van der Waals surface area contributed by atoms with E-state index in [-0.39, 0.29) is 6.04 Å². The summed E-state index contributed by atoms with van der Waals surface area (Å²) in [6.45, 7) is 10.4. The Kier molecular flexibility index (Phi) is 5.51. The van der Waals surface area contributed by atoms with Gasteiger partial charge in [0.15, 0.2) is 5.82 Å². The van der Waals surface area contributed by atoms with Crippen LogP contribution in [0.2, 0.25) is 0 Å². The lowest BCUT2D eigenvalue weighted by atomic mass is 9.95. The Balaban J connectivity index is 1.55. The second-order valence-corrected chi connectivity index (χ2v) is 7.03. The first-order valence-electron chi connectivity index (χ1n) is 9.06. The van der Waals surface area contributed by atoms with E-state index in [9.17, 15) is 5.11 Å². The number of β-amino-alcohol motifs (C(OH)–C–C–N with tert-alkyl or cyclic N) is 1. The second kappa shape index (κ2) is 7.64. The molecule has 25 heavy (non-hydrogen) atoms. The lowest BCUT2D eigenvalue weighted by Gasteiger charge is -2.39. The molecule has 2 atom stereocenters. The molecule has 1 aliphatic rings. The van der Waals surface area contributed by atoms with Crippen molar-refractivity contribution in [1.82, 2.24) is 19.9 Å². The van der Waals surface area contributed by atoms with Crippen molar-refractivity contribution >= 4 is 0 Å². The van der Waals surface area contributed by atoms with Crippen molar-refractivity contribution in [2.45, 2.75) is 38.8 Å². The highest BCUT2D eigenvalue weighted by Gasteiger charge is 2.30. The van der Waals surface area contributed by atoms with Gasteiger partial charge in [-0.2, -0.15) is 4.98 Å². The molecule has 1 aromatic heterocycles. The van der Waals surface area contributed by atoms with Gasteiger partial charge >= 0.3 is 0 Å². The number of hydrogen-bond acceptors (Lipinski definition) is 6. The number of aromatic nitrogens is 2. The van der Waals surface area contributed by atoms with Gasteiger partial charge in [0, 0.05) is 39.1 Å². The fourth-order valence-corrected chi connectivity index (χ4v) is 3.37. The predicted molar refractivity (Wildman–Crippen MR) is 96.1 cm³/mol. The molecule has 3 rings (SSSR count). The maximum Gasteiger partial charge on any atom is 0.243 e. The number of hydrogen-bond donors (Lipinski definition) is 1. The fourth-order valence-electron chi connectivity index (χ4n) is 3.37. The molecule has 6 nitrogen and oxygen atoms in total. The molecule has 2 aromatic rings. The molecule has 1 aromatic carbocycles. The quantitative estimate of drug-likeness (QED) is 0.867. The van der Waals surface area contributed by atoms with Crippen LogP contribution in [0.1, 0.15) is 44.1 Å². The van der Waals surface area contributed by atoms with Crippen molar-refractivity contribution in [1.29, 1.82) is 0 Å². The largest absolute Gasteiger partial charge is 0.384 e. The zero-order valence-corrected chi connectivity index (χ0v) is 15.4. The molecule has 2 heterocycles. The van der Waals surface area contributed by atoms with Crippen molar-refractivity contribution in [2.75, 3.05) is 32.7 Å². The molecule has 2 unspecified atom stereocenters. The molecule has 1 N–H and O–H groups in total. The lowest BCUT2D eigenvalue weighted by molar-refractivity contribution is -0.00578. The molecule has 1 saturated heterocycles. The van der Waals surface area contributed by atoms with E-state index >= 15 is 0 Å². The third-order valence-corrected chi connectivity index (χ3v) is 5.04. The number of benzene rings is 1. The van der Waals surface area contributed by atoms with Crippen LogP contribution in [0.3, 0.4) is 0 Å². The van der Waals surface area contributed by atoms with Crippen molar-refractivity contribution in [3.63, 3.8) is 0 Å². The monoisotopic (exact) mass is 344 g/mol. The average Bonchev–Trinajstić information content (AvgIpc) is 3.11. The minimum Gasteiger partial charge on any atom is -0.384 e. The summed E-state index contributed by atoms with van der Waals surface area (Å²) in [5, 5.41) is 14.8. The third kappa shape index (κ3) is 4.26. The van der Waals surface area contributed by atoms with Crippen LogP contribution >= 0.6 is 0 Å². The summed E-state index contributed by atoms with van der Waals surface area (Å²) in [6, 6.07) is 10.0. The molecule has 0 aliphatic carbocycles. The SMILES string of the molecule is CCc1noc(C(C)N2CCN(CC(C)(O)c3ccccc3)CC2)n1. The molecule has 0 bridgehead atoms. The molecular weight excluding hydrogens is 316 g/mol. The Morgan fingerprint density at radius 3 is 2.48 bits per heavy atom. The molecule has 0 spiro atoms. The smallest absolute Gasteiger partial charge is 0.243 e. The summed E-state index contributed by atoms with van der Waals surface area (Å²) < 4.78 is 5.38. The molecule has 0 radical (unpaired) electrons. The van der Waals surface area contributed by atoms with E-state index in [1.54, 1.807) is 0 Å². The zero-order chi connectivity index (χ0) is 17.9. The third-order valence-electron chi connectivity index (χ3n) is 5.04. The first-order valence-corrected chi connectivity index (χ1v) is 9.06. The van der Waals surface area contributed by atoms with E-state index in [0.29, 0.717) is 12.4 Å². The number of nitrogens with zero attached hydrogens (tertiary/aromatic N) is 4.